The van der Waals surface area contributed by atoms with Crippen LogP contribution >= 0.6 is 23.2 Å². The molecule has 2 saturated heterocycles. The lowest BCUT2D eigenvalue weighted by molar-refractivity contribution is -0.125. The number of methoxy groups -OCH3 is 2. The van der Waals surface area contributed by atoms with E-state index in [9.17, 15) is 9.59 Å². The smallest absolute Gasteiger partial charge is 0.259 e. The molecule has 0 spiro atoms. The van der Waals surface area contributed by atoms with Crippen LogP contribution in [0, 0.1) is 0 Å². The van der Waals surface area contributed by atoms with Crippen molar-refractivity contribution in [2.45, 2.75) is 30.3 Å². The molecule has 2 aliphatic rings. The van der Waals surface area contributed by atoms with Crippen LogP contribution in [0.4, 0.5) is 0 Å². The minimum Gasteiger partial charge on any atom is -0.497 e. The number of hydrogen-bond acceptors (Lipinski definition) is 6. The van der Waals surface area contributed by atoms with Gasteiger partial charge in [0.05, 0.1) is 41.8 Å². The molecule has 3 aromatic rings. The number of rotatable bonds is 9. The number of carbonyl (C=O) groups excluding carboxylic acids is 2. The minimum atomic E-state index is -0.804. The fourth-order valence-electron chi connectivity index (χ4n) is 6.06. The van der Waals surface area contributed by atoms with E-state index in [-0.39, 0.29) is 18.5 Å². The lowest BCUT2D eigenvalue weighted by Gasteiger charge is -2.41. The molecule has 3 aromatic carbocycles. The normalized spacial score (nSPS) is 20.3. The number of benzene rings is 3. The lowest BCUT2D eigenvalue weighted by atomic mass is 9.72. The molecular formula is C32H35Cl2N3O5. The maximum absolute atomic E-state index is 13.7. The Hall–Kier alpha value is -3.30. The SMILES string of the molecule is COc1ccc(C(=O)N2CO[C@](CCN3CCC(C(N)=O)(c4ccccc4)CC3)(c3ccc(Cl)c(Cl)c3)C2)c(OC)c1. The number of amides is 2. The number of hydrogen-bond donors (Lipinski definition) is 1. The van der Waals surface area contributed by atoms with Crippen LogP contribution in [-0.2, 0) is 20.5 Å². The topological polar surface area (TPSA) is 94.3 Å². The molecule has 8 nitrogen and oxygen atoms in total. The van der Waals surface area contributed by atoms with Gasteiger partial charge in [0.1, 0.15) is 23.8 Å². The number of carbonyl (C=O) groups is 2. The van der Waals surface area contributed by atoms with E-state index in [1.165, 1.54) is 7.11 Å². The number of likely N-dealkylation sites (tertiary alicyclic amines) is 1. The van der Waals surface area contributed by atoms with E-state index < -0.39 is 11.0 Å². The highest BCUT2D eigenvalue weighted by molar-refractivity contribution is 6.42. The molecule has 2 fully saturated rings. The Bertz CT molecular complexity index is 1450. The fourth-order valence-corrected chi connectivity index (χ4v) is 6.36. The van der Waals surface area contributed by atoms with Crippen molar-refractivity contribution in [3.8, 4) is 11.5 Å². The molecule has 2 aliphatic heterocycles. The quantitative estimate of drug-likeness (QED) is 0.355. The molecular weight excluding hydrogens is 577 g/mol. The first-order valence-corrected chi connectivity index (χ1v) is 14.7. The van der Waals surface area contributed by atoms with Gasteiger partial charge < -0.3 is 29.7 Å². The molecule has 1 atom stereocenters. The average Bonchev–Trinajstić information content (AvgIpc) is 3.47. The second-order valence-electron chi connectivity index (χ2n) is 10.9. The number of halogens is 2. The maximum atomic E-state index is 13.7. The molecule has 0 radical (unpaired) electrons. The van der Waals surface area contributed by atoms with Gasteiger partial charge in [-0.3, -0.25) is 9.59 Å². The number of piperidine rings is 1. The Balaban J connectivity index is 1.35. The van der Waals surface area contributed by atoms with Crippen molar-refractivity contribution in [2.75, 3.05) is 47.1 Å². The third kappa shape index (κ3) is 5.81. The van der Waals surface area contributed by atoms with E-state index in [4.69, 9.17) is 43.1 Å². The summed E-state index contributed by atoms with van der Waals surface area (Å²) in [6.45, 7) is 2.54. The largest absolute Gasteiger partial charge is 0.497 e. The molecule has 2 N–H and O–H groups in total. The van der Waals surface area contributed by atoms with Crippen molar-refractivity contribution in [1.29, 1.82) is 0 Å². The molecule has 42 heavy (non-hydrogen) atoms. The molecule has 222 valence electrons. The average molecular weight is 613 g/mol. The highest BCUT2D eigenvalue weighted by atomic mass is 35.5. The van der Waals surface area contributed by atoms with E-state index in [0.717, 1.165) is 11.1 Å². The van der Waals surface area contributed by atoms with Crippen molar-refractivity contribution in [3.05, 3.63) is 93.5 Å². The molecule has 2 heterocycles. The summed E-state index contributed by atoms with van der Waals surface area (Å²) in [5.41, 5.74) is 6.71. The molecule has 10 heteroatoms. The van der Waals surface area contributed by atoms with Crippen molar-refractivity contribution >= 4 is 35.0 Å². The highest BCUT2D eigenvalue weighted by Crippen LogP contribution is 2.41. The number of nitrogens with zero attached hydrogens (tertiary/aromatic N) is 2. The Morgan fingerprint density at radius 1 is 0.929 bits per heavy atom. The molecule has 0 unspecified atom stereocenters. The van der Waals surface area contributed by atoms with Crippen LogP contribution in [0.15, 0.2) is 66.7 Å². The minimum absolute atomic E-state index is 0.104. The number of primary amides is 1. The predicted octanol–water partition coefficient (Wildman–Crippen LogP) is 5.25. The van der Waals surface area contributed by atoms with Gasteiger partial charge >= 0.3 is 0 Å². The van der Waals surface area contributed by atoms with Gasteiger partial charge in [0.2, 0.25) is 5.91 Å². The maximum Gasteiger partial charge on any atom is 0.259 e. The van der Waals surface area contributed by atoms with Crippen LogP contribution in [0.2, 0.25) is 10.0 Å². The monoisotopic (exact) mass is 611 g/mol. The zero-order valence-corrected chi connectivity index (χ0v) is 25.3. The molecule has 0 bridgehead atoms. The summed E-state index contributed by atoms with van der Waals surface area (Å²) in [5.74, 6) is 0.530. The Kier molecular flexibility index (Phi) is 8.99. The zero-order valence-electron chi connectivity index (χ0n) is 23.8. The van der Waals surface area contributed by atoms with Gasteiger partial charge in [0, 0.05) is 12.6 Å². The van der Waals surface area contributed by atoms with Crippen LogP contribution in [0.3, 0.4) is 0 Å². The van der Waals surface area contributed by atoms with Crippen LogP contribution in [0.1, 0.15) is 40.7 Å². The molecule has 0 aliphatic carbocycles. The van der Waals surface area contributed by atoms with Gasteiger partial charge in [-0.1, -0.05) is 59.6 Å². The summed E-state index contributed by atoms with van der Waals surface area (Å²) in [5, 5.41) is 0.870. The third-order valence-corrected chi connectivity index (χ3v) is 9.39. The summed E-state index contributed by atoms with van der Waals surface area (Å²) in [6, 6.07) is 20.4. The van der Waals surface area contributed by atoms with Gasteiger partial charge in [0.25, 0.3) is 5.91 Å². The van der Waals surface area contributed by atoms with Crippen molar-refractivity contribution in [3.63, 3.8) is 0 Å². The van der Waals surface area contributed by atoms with E-state index in [1.54, 1.807) is 36.3 Å². The first-order valence-electron chi connectivity index (χ1n) is 13.9. The Morgan fingerprint density at radius 2 is 1.67 bits per heavy atom. The predicted molar refractivity (Wildman–Crippen MR) is 162 cm³/mol. The lowest BCUT2D eigenvalue weighted by Crippen LogP contribution is -2.50. The number of ether oxygens (including phenoxy) is 3. The van der Waals surface area contributed by atoms with Gasteiger partial charge in [-0.2, -0.15) is 0 Å². The Labute approximate surface area is 256 Å². The van der Waals surface area contributed by atoms with Crippen molar-refractivity contribution in [1.82, 2.24) is 9.80 Å². The fraction of sp³-hybridized carbons (Fsp3) is 0.375. The molecule has 2 amide bonds. The van der Waals surface area contributed by atoms with Crippen LogP contribution in [0.5, 0.6) is 11.5 Å². The third-order valence-electron chi connectivity index (χ3n) is 8.65. The van der Waals surface area contributed by atoms with Crippen molar-refractivity contribution < 1.29 is 23.8 Å². The zero-order chi connectivity index (χ0) is 29.9. The molecule has 0 saturated carbocycles. The standard InChI is InChI=1S/C32H35Cl2N3O5/c1-40-24-9-10-25(28(19-24)41-2)29(38)37-20-32(42-21-37,23-8-11-26(33)27(34)18-23)14-17-36-15-12-31(13-16-36,30(35)39)22-6-4-3-5-7-22/h3-11,18-19H,12-17,20-21H2,1-2H3,(H2,35,39)/t32-/m0/s1. The second kappa shape index (κ2) is 12.5. The van der Waals surface area contributed by atoms with Crippen LogP contribution < -0.4 is 15.2 Å². The first-order chi connectivity index (χ1) is 20.2. The van der Waals surface area contributed by atoms with Crippen molar-refractivity contribution in [2.24, 2.45) is 5.73 Å². The van der Waals surface area contributed by atoms with E-state index in [2.05, 4.69) is 4.90 Å². The van der Waals surface area contributed by atoms with Gasteiger partial charge in [-0.25, -0.2) is 0 Å². The summed E-state index contributed by atoms with van der Waals surface area (Å²) in [6.07, 6.45) is 1.87. The van der Waals surface area contributed by atoms with Crippen LogP contribution in [0.25, 0.3) is 0 Å². The summed E-state index contributed by atoms with van der Waals surface area (Å²) in [7, 11) is 3.09. The summed E-state index contributed by atoms with van der Waals surface area (Å²) < 4.78 is 17.2. The van der Waals surface area contributed by atoms with Gasteiger partial charge in [0.15, 0.2) is 0 Å². The Morgan fingerprint density at radius 3 is 2.31 bits per heavy atom. The summed E-state index contributed by atoms with van der Waals surface area (Å²) >= 11 is 12.7. The summed E-state index contributed by atoms with van der Waals surface area (Å²) in [4.78, 5) is 30.3. The van der Waals surface area contributed by atoms with E-state index in [1.807, 2.05) is 42.5 Å². The van der Waals surface area contributed by atoms with E-state index >= 15 is 0 Å². The van der Waals surface area contributed by atoms with Gasteiger partial charge in [-0.15, -0.1) is 0 Å². The molecule has 0 aromatic heterocycles. The van der Waals surface area contributed by atoms with Gasteiger partial charge in [-0.05, 0) is 67.7 Å². The number of nitrogens with two attached hydrogens (primary N) is 1. The van der Waals surface area contributed by atoms with E-state index in [0.29, 0.717) is 72.5 Å². The highest BCUT2D eigenvalue weighted by Gasteiger charge is 2.45. The van der Waals surface area contributed by atoms with Crippen LogP contribution in [-0.4, -0.2) is 68.7 Å². The first kappa shape index (κ1) is 30.2. The molecule has 5 rings (SSSR count). The second-order valence-corrected chi connectivity index (χ2v) is 11.7.